The van der Waals surface area contributed by atoms with Crippen LogP contribution in [0.3, 0.4) is 0 Å². The normalized spacial score (nSPS) is 15.5. The molecule has 0 rings (SSSR count). The molecule has 0 aliphatic heterocycles. The Morgan fingerprint density at radius 3 is 1.60 bits per heavy atom. The Morgan fingerprint density at radius 1 is 0.721 bits per heavy atom. The number of alkyl halides is 14. The number of quaternary nitrogens is 1. The van der Waals surface area contributed by atoms with Crippen LogP contribution in [0.4, 0.5) is 61.5 Å². The van der Waals surface area contributed by atoms with Gasteiger partial charge in [0.1, 0.15) is 0 Å². The van der Waals surface area contributed by atoms with E-state index >= 15 is 0 Å². The average molecular weight is 687 g/mol. The molecule has 6 nitrogen and oxygen atoms in total. The fraction of sp³-hybridized carbons (Fsp3) is 0.955. The largest absolute Gasteiger partial charge is 0.550 e. The second kappa shape index (κ2) is 14.6. The maximum atomic E-state index is 14.3. The van der Waals surface area contributed by atoms with E-state index in [-0.39, 0.29) is 37.0 Å². The third-order valence-electron chi connectivity index (χ3n) is 6.73. The molecule has 0 aromatic heterocycles. The van der Waals surface area contributed by atoms with Crippen LogP contribution in [0.5, 0.6) is 0 Å². The lowest BCUT2D eigenvalue weighted by molar-refractivity contribution is -0.890. The van der Waals surface area contributed by atoms with Crippen molar-refractivity contribution in [2.75, 3.05) is 39.5 Å². The van der Waals surface area contributed by atoms with Crippen LogP contribution >= 0.6 is 0 Å². The van der Waals surface area contributed by atoms with Crippen molar-refractivity contribution >= 4 is 16.0 Å². The maximum absolute atomic E-state index is 14.3. The number of carbonyl (C=O) groups is 1. The molecule has 0 aromatic carbocycles. The van der Waals surface area contributed by atoms with E-state index in [4.69, 9.17) is 0 Å². The highest BCUT2D eigenvalue weighted by atomic mass is 32.2. The summed E-state index contributed by atoms with van der Waals surface area (Å²) < 4.78 is 209. The van der Waals surface area contributed by atoms with Gasteiger partial charge in [-0.1, -0.05) is 12.8 Å². The molecule has 0 saturated carbocycles. The van der Waals surface area contributed by atoms with E-state index in [2.05, 4.69) is 0 Å². The van der Waals surface area contributed by atoms with E-state index in [0.717, 1.165) is 0 Å². The molecule has 0 amide bonds. The summed E-state index contributed by atoms with van der Waals surface area (Å²) in [6.45, 7) is 0.00706. The lowest BCUT2D eigenvalue weighted by Gasteiger charge is -2.33. The van der Waals surface area contributed by atoms with Crippen LogP contribution in [0.1, 0.15) is 51.4 Å². The fourth-order valence-corrected chi connectivity index (χ4v) is 5.26. The molecule has 1 unspecified atom stereocenters. The summed E-state index contributed by atoms with van der Waals surface area (Å²) in [6, 6.07) is 0. The van der Waals surface area contributed by atoms with Crippen LogP contribution in [0.15, 0.2) is 0 Å². The van der Waals surface area contributed by atoms with Gasteiger partial charge in [-0.05, 0) is 25.2 Å². The zero-order valence-electron chi connectivity index (χ0n) is 22.8. The SMILES string of the molecule is C[N+](C)(CCCNS(=O)(=O)CCC(CCCCC(F)(C(F)(F)F)C(F)(F)F)CC(F)(C(F)(F)F)C(F)(F)F)CCC(=O)[O-]. The molecule has 0 heterocycles. The molecule has 0 bridgehead atoms. The van der Waals surface area contributed by atoms with Crippen LogP contribution in [-0.2, 0) is 14.8 Å². The van der Waals surface area contributed by atoms with Gasteiger partial charge >= 0.3 is 24.7 Å². The molecular formula is C22H32F14N2O4S. The minimum atomic E-state index is -6.57. The minimum Gasteiger partial charge on any atom is -0.550 e. The van der Waals surface area contributed by atoms with Crippen LogP contribution in [0.25, 0.3) is 0 Å². The Labute approximate surface area is 238 Å². The molecule has 0 aliphatic rings. The summed E-state index contributed by atoms with van der Waals surface area (Å²) in [5, 5.41) is 10.6. The van der Waals surface area contributed by atoms with Gasteiger partial charge in [0.25, 0.3) is 11.3 Å². The predicted molar refractivity (Wildman–Crippen MR) is 121 cm³/mol. The number of halogens is 14. The van der Waals surface area contributed by atoms with Crippen molar-refractivity contribution in [1.29, 1.82) is 0 Å². The van der Waals surface area contributed by atoms with Crippen molar-refractivity contribution in [2.24, 2.45) is 5.92 Å². The van der Waals surface area contributed by atoms with Crippen molar-refractivity contribution < 1.29 is 84.3 Å². The van der Waals surface area contributed by atoms with E-state index < -0.39 is 102 Å². The van der Waals surface area contributed by atoms with Crippen molar-refractivity contribution in [3.05, 3.63) is 0 Å². The molecule has 0 aromatic rings. The molecule has 0 radical (unpaired) electrons. The Morgan fingerprint density at radius 2 is 1.19 bits per heavy atom. The summed E-state index contributed by atoms with van der Waals surface area (Å²) in [5.41, 5.74) is -11.6. The van der Waals surface area contributed by atoms with E-state index in [1.165, 1.54) is 0 Å². The zero-order valence-corrected chi connectivity index (χ0v) is 23.7. The molecule has 0 fully saturated rings. The monoisotopic (exact) mass is 686 g/mol. The number of unbranched alkanes of at least 4 members (excludes halogenated alkanes) is 1. The first-order chi connectivity index (χ1) is 18.9. The number of carboxylic acid groups (broad SMARTS) is 1. The van der Waals surface area contributed by atoms with Gasteiger partial charge in [0.05, 0.1) is 32.9 Å². The summed E-state index contributed by atoms with van der Waals surface area (Å²) in [6.07, 6.45) is -35.6. The second-order valence-corrected chi connectivity index (χ2v) is 12.7. The highest BCUT2D eigenvalue weighted by molar-refractivity contribution is 7.89. The first-order valence-corrected chi connectivity index (χ1v) is 14.2. The van der Waals surface area contributed by atoms with Gasteiger partial charge in [0.15, 0.2) is 0 Å². The number of carbonyl (C=O) groups excluding carboxylic acids is 1. The molecule has 0 saturated heterocycles. The number of nitrogens with one attached hydrogen (secondary N) is 1. The smallest absolute Gasteiger partial charge is 0.431 e. The molecule has 21 heteroatoms. The molecule has 1 atom stereocenters. The number of hydrogen-bond donors (Lipinski definition) is 1. The molecule has 0 spiro atoms. The Hall–Kier alpha value is -1.64. The second-order valence-electron chi connectivity index (χ2n) is 10.8. The highest BCUT2D eigenvalue weighted by Gasteiger charge is 2.73. The molecule has 258 valence electrons. The number of aliphatic carboxylic acids is 1. The number of carboxylic acids is 1. The van der Waals surface area contributed by atoms with Crippen molar-refractivity contribution in [3.63, 3.8) is 0 Å². The van der Waals surface area contributed by atoms with Gasteiger partial charge in [-0.15, -0.1) is 0 Å². The van der Waals surface area contributed by atoms with E-state index in [9.17, 15) is 79.8 Å². The first kappa shape index (κ1) is 41.4. The Kier molecular flexibility index (Phi) is 14.1. The predicted octanol–water partition coefficient (Wildman–Crippen LogP) is 5.13. The van der Waals surface area contributed by atoms with Crippen molar-refractivity contribution in [3.8, 4) is 0 Å². The minimum absolute atomic E-state index is 0.0852. The topological polar surface area (TPSA) is 86.3 Å². The van der Waals surface area contributed by atoms with Gasteiger partial charge in [0, 0.05) is 31.8 Å². The molecule has 0 aliphatic carbocycles. The summed E-state index contributed by atoms with van der Waals surface area (Å²) in [5.74, 6) is -4.69. The quantitative estimate of drug-likeness (QED) is 0.123. The van der Waals surface area contributed by atoms with E-state index in [1.807, 2.05) is 4.72 Å². The summed E-state index contributed by atoms with van der Waals surface area (Å²) >= 11 is 0. The third-order valence-corrected chi connectivity index (χ3v) is 8.15. The van der Waals surface area contributed by atoms with Gasteiger partial charge in [-0.2, -0.15) is 52.7 Å². The van der Waals surface area contributed by atoms with Gasteiger partial charge < -0.3 is 14.4 Å². The molecule has 43 heavy (non-hydrogen) atoms. The number of rotatable bonds is 18. The summed E-state index contributed by atoms with van der Waals surface area (Å²) in [7, 11) is -1.24. The number of nitrogens with zero attached hydrogens (tertiary/aromatic N) is 1. The highest BCUT2D eigenvalue weighted by Crippen LogP contribution is 2.51. The van der Waals surface area contributed by atoms with Crippen molar-refractivity contribution in [2.45, 2.75) is 87.4 Å². The van der Waals surface area contributed by atoms with Crippen LogP contribution in [0, 0.1) is 5.92 Å². The lowest BCUT2D eigenvalue weighted by Crippen LogP contribution is -2.54. The number of hydrogen-bond acceptors (Lipinski definition) is 4. The van der Waals surface area contributed by atoms with E-state index in [0.29, 0.717) is 0 Å². The molecule has 1 N–H and O–H groups in total. The maximum Gasteiger partial charge on any atom is 0.431 e. The van der Waals surface area contributed by atoms with Crippen LogP contribution < -0.4 is 9.83 Å². The summed E-state index contributed by atoms with van der Waals surface area (Å²) in [4.78, 5) is 10.6. The number of sulfonamides is 1. The lowest BCUT2D eigenvalue weighted by atomic mass is 9.85. The van der Waals surface area contributed by atoms with Gasteiger partial charge in [-0.25, -0.2) is 21.9 Å². The Bertz CT molecular complexity index is 964. The van der Waals surface area contributed by atoms with Gasteiger partial charge in [-0.3, -0.25) is 0 Å². The standard InChI is InChI=1S/C22H32F14N2O4S/c1-38(2,12-7-16(39)40)11-5-10-37-43(41,42)13-8-15(14-18(24,21(31,32)33)22(34,35)36)6-3-4-9-17(23,19(25,26)27)20(28,29)30/h15,37H,3-14H2,1-2H3. The fourth-order valence-electron chi connectivity index (χ4n) is 4.02. The van der Waals surface area contributed by atoms with Crippen LogP contribution in [-0.4, -0.2) is 94.4 Å². The average Bonchev–Trinajstić information content (AvgIpc) is 2.78. The Balaban J connectivity index is 5.59. The van der Waals surface area contributed by atoms with E-state index in [1.54, 1.807) is 14.1 Å². The first-order valence-electron chi connectivity index (χ1n) is 12.5. The van der Waals surface area contributed by atoms with Crippen LogP contribution in [0.2, 0.25) is 0 Å². The van der Waals surface area contributed by atoms with Crippen molar-refractivity contribution in [1.82, 2.24) is 4.72 Å². The zero-order chi connectivity index (χ0) is 34.3. The van der Waals surface area contributed by atoms with Gasteiger partial charge in [0.2, 0.25) is 10.0 Å². The third kappa shape index (κ3) is 12.7. The molecular weight excluding hydrogens is 654 g/mol.